The predicted molar refractivity (Wildman–Crippen MR) is 85.0 cm³/mol. The van der Waals surface area contributed by atoms with Crippen LogP contribution in [0.15, 0.2) is 30.3 Å². The summed E-state index contributed by atoms with van der Waals surface area (Å²) in [6.45, 7) is 5.25. The number of hydrogen-bond donors (Lipinski definition) is 2. The number of nitrogens with one attached hydrogen (secondary N) is 1. The van der Waals surface area contributed by atoms with Crippen LogP contribution in [0.5, 0.6) is 0 Å². The number of rotatable bonds is 6. The lowest BCUT2D eigenvalue weighted by Gasteiger charge is -2.23. The Labute approximate surface area is 136 Å². The maximum Gasteiger partial charge on any atom is 0.322 e. The highest BCUT2D eigenvalue weighted by atomic mass is 35.5. The molecular formula is C15H23ClN2O4. The van der Waals surface area contributed by atoms with Crippen LogP contribution in [0.3, 0.4) is 0 Å². The Balaban J connectivity index is 0.00000441. The van der Waals surface area contributed by atoms with Crippen LogP contribution in [0.2, 0.25) is 0 Å². The van der Waals surface area contributed by atoms with Crippen LogP contribution in [0.25, 0.3) is 0 Å². The normalized spacial score (nSPS) is 12.0. The van der Waals surface area contributed by atoms with E-state index in [9.17, 15) is 9.59 Å². The zero-order chi connectivity index (χ0) is 15.9. The third kappa shape index (κ3) is 7.40. The molecule has 0 aliphatic rings. The summed E-state index contributed by atoms with van der Waals surface area (Å²) in [6.07, 6.45) is 0. The van der Waals surface area contributed by atoms with Gasteiger partial charge in [0.15, 0.2) is 5.92 Å². The Morgan fingerprint density at radius 1 is 1.18 bits per heavy atom. The van der Waals surface area contributed by atoms with E-state index in [1.54, 1.807) is 20.8 Å². The fourth-order valence-corrected chi connectivity index (χ4v) is 1.58. The molecule has 0 spiro atoms. The molecule has 0 aliphatic heterocycles. The number of carbonyl (C=O) groups is 2. The third-order valence-electron chi connectivity index (χ3n) is 2.52. The highest BCUT2D eigenvalue weighted by molar-refractivity contribution is 5.95. The highest BCUT2D eigenvalue weighted by Gasteiger charge is 2.32. The zero-order valence-corrected chi connectivity index (χ0v) is 13.8. The smallest absolute Gasteiger partial charge is 0.322 e. The van der Waals surface area contributed by atoms with E-state index in [0.717, 1.165) is 5.56 Å². The molecule has 7 heteroatoms. The number of carbonyl (C=O) groups excluding carboxylic acids is 2. The van der Waals surface area contributed by atoms with Gasteiger partial charge in [0, 0.05) is 6.54 Å². The molecule has 1 aromatic rings. The molecule has 1 rings (SSSR count). The maximum atomic E-state index is 12.0. The van der Waals surface area contributed by atoms with Crippen molar-refractivity contribution >= 4 is 24.3 Å². The van der Waals surface area contributed by atoms with Gasteiger partial charge in [0.1, 0.15) is 12.2 Å². The van der Waals surface area contributed by atoms with Crippen molar-refractivity contribution in [2.45, 2.75) is 33.0 Å². The predicted octanol–water partition coefficient (Wildman–Crippen LogP) is 1.57. The van der Waals surface area contributed by atoms with Crippen molar-refractivity contribution < 1.29 is 19.1 Å². The van der Waals surface area contributed by atoms with Crippen molar-refractivity contribution in [2.75, 3.05) is 6.54 Å². The molecule has 0 aromatic heterocycles. The number of halogens is 1. The van der Waals surface area contributed by atoms with Crippen molar-refractivity contribution in [3.05, 3.63) is 35.9 Å². The van der Waals surface area contributed by atoms with Crippen molar-refractivity contribution in [3.63, 3.8) is 0 Å². The van der Waals surface area contributed by atoms with Crippen LogP contribution in [-0.2, 0) is 25.7 Å². The molecule has 0 radical (unpaired) electrons. The molecule has 0 saturated carbocycles. The van der Waals surface area contributed by atoms with Crippen molar-refractivity contribution in [2.24, 2.45) is 11.8 Å². The van der Waals surface area contributed by atoms with Gasteiger partial charge >= 0.3 is 11.9 Å². The van der Waals surface area contributed by atoms with E-state index in [4.69, 9.17) is 15.3 Å². The van der Waals surface area contributed by atoms with Crippen LogP contribution >= 0.6 is 12.4 Å². The summed E-state index contributed by atoms with van der Waals surface area (Å²) in [5, 5.41) is 0. The lowest BCUT2D eigenvalue weighted by Crippen LogP contribution is -2.41. The topological polar surface area (TPSA) is 90.6 Å². The summed E-state index contributed by atoms with van der Waals surface area (Å²) in [6, 6.07) is 9.22. The molecular weight excluding hydrogens is 308 g/mol. The van der Waals surface area contributed by atoms with Crippen LogP contribution in [0.1, 0.15) is 26.3 Å². The van der Waals surface area contributed by atoms with E-state index in [0.29, 0.717) is 0 Å². The zero-order valence-electron chi connectivity index (χ0n) is 13.0. The monoisotopic (exact) mass is 330 g/mol. The Bertz CT molecular complexity index is 474. The first-order chi connectivity index (χ1) is 9.83. The largest absolute Gasteiger partial charge is 0.460 e. The van der Waals surface area contributed by atoms with Crippen LogP contribution in [0, 0.1) is 5.92 Å². The molecule has 0 amide bonds. The minimum Gasteiger partial charge on any atom is -0.460 e. The quantitative estimate of drug-likeness (QED) is 0.356. The highest BCUT2D eigenvalue weighted by Crippen LogP contribution is 2.13. The van der Waals surface area contributed by atoms with E-state index < -0.39 is 23.5 Å². The number of hydrogen-bond acceptors (Lipinski definition) is 6. The van der Waals surface area contributed by atoms with E-state index in [1.807, 2.05) is 30.3 Å². The van der Waals surface area contributed by atoms with Crippen LogP contribution in [0.4, 0.5) is 0 Å². The van der Waals surface area contributed by atoms with Crippen molar-refractivity contribution in [1.29, 1.82) is 0 Å². The van der Waals surface area contributed by atoms with Gasteiger partial charge in [-0.2, -0.15) is 0 Å². The first kappa shape index (κ1) is 20.4. The number of nitrogens with two attached hydrogens (primary N) is 1. The van der Waals surface area contributed by atoms with Gasteiger partial charge in [0.2, 0.25) is 0 Å². The molecule has 1 atom stereocenters. The summed E-state index contributed by atoms with van der Waals surface area (Å²) in [5.74, 6) is 2.81. The Hall–Kier alpha value is -1.63. The van der Waals surface area contributed by atoms with Gasteiger partial charge in [-0.15, -0.1) is 12.4 Å². The van der Waals surface area contributed by atoms with E-state index in [1.165, 1.54) is 0 Å². The molecule has 3 N–H and O–H groups in total. The average Bonchev–Trinajstić information content (AvgIpc) is 2.41. The Morgan fingerprint density at radius 2 is 1.77 bits per heavy atom. The molecule has 22 heavy (non-hydrogen) atoms. The van der Waals surface area contributed by atoms with E-state index in [2.05, 4.69) is 5.43 Å². The standard InChI is InChI=1S/C15H22N2O4.ClH/c1-15(2,3)21-14(19)12(9-17-16)13(18)20-10-11-7-5-4-6-8-11;/h4-8,12,17H,9-10,16H2,1-3H3;1H/t12-;/m0./s1. The molecule has 124 valence electrons. The lowest BCUT2D eigenvalue weighted by atomic mass is 10.1. The van der Waals surface area contributed by atoms with Gasteiger partial charge in [0.05, 0.1) is 0 Å². The molecule has 0 bridgehead atoms. The van der Waals surface area contributed by atoms with Crippen molar-refractivity contribution in [1.82, 2.24) is 5.43 Å². The van der Waals surface area contributed by atoms with E-state index in [-0.39, 0.29) is 25.6 Å². The fourth-order valence-electron chi connectivity index (χ4n) is 1.58. The minimum absolute atomic E-state index is 0. The first-order valence-electron chi connectivity index (χ1n) is 6.70. The van der Waals surface area contributed by atoms with Crippen LogP contribution in [-0.4, -0.2) is 24.1 Å². The second-order valence-electron chi connectivity index (χ2n) is 5.59. The summed E-state index contributed by atoms with van der Waals surface area (Å²) < 4.78 is 10.3. The second-order valence-corrected chi connectivity index (χ2v) is 5.59. The Kier molecular flexibility index (Phi) is 8.70. The van der Waals surface area contributed by atoms with Gasteiger partial charge in [-0.3, -0.25) is 20.9 Å². The molecule has 0 unspecified atom stereocenters. The van der Waals surface area contributed by atoms with E-state index >= 15 is 0 Å². The molecule has 0 fully saturated rings. The average molecular weight is 331 g/mol. The fraction of sp³-hybridized carbons (Fsp3) is 0.467. The van der Waals surface area contributed by atoms with Gasteiger partial charge in [-0.1, -0.05) is 30.3 Å². The third-order valence-corrected chi connectivity index (χ3v) is 2.52. The summed E-state index contributed by atoms with van der Waals surface area (Å²) in [5.41, 5.74) is 2.48. The Morgan fingerprint density at radius 3 is 2.27 bits per heavy atom. The number of ether oxygens (including phenoxy) is 2. The first-order valence-corrected chi connectivity index (χ1v) is 6.70. The molecule has 1 aromatic carbocycles. The SMILES string of the molecule is CC(C)(C)OC(=O)[C@@H](CNN)C(=O)OCc1ccccc1.Cl. The number of benzene rings is 1. The van der Waals surface area contributed by atoms with Gasteiger partial charge in [-0.25, -0.2) is 0 Å². The van der Waals surface area contributed by atoms with Gasteiger partial charge in [0.25, 0.3) is 0 Å². The molecule has 0 aliphatic carbocycles. The number of esters is 2. The number of hydrazine groups is 1. The van der Waals surface area contributed by atoms with Crippen LogP contribution < -0.4 is 11.3 Å². The second kappa shape index (κ2) is 9.40. The maximum absolute atomic E-state index is 12.0. The van der Waals surface area contributed by atoms with Gasteiger partial charge in [-0.05, 0) is 26.3 Å². The van der Waals surface area contributed by atoms with Gasteiger partial charge < -0.3 is 9.47 Å². The summed E-state index contributed by atoms with van der Waals surface area (Å²) >= 11 is 0. The molecule has 0 heterocycles. The summed E-state index contributed by atoms with van der Waals surface area (Å²) in [4.78, 5) is 24.0. The molecule has 0 saturated heterocycles. The van der Waals surface area contributed by atoms with Crippen molar-refractivity contribution in [3.8, 4) is 0 Å². The summed E-state index contributed by atoms with van der Waals surface area (Å²) in [7, 11) is 0. The lowest BCUT2D eigenvalue weighted by molar-refractivity contribution is -0.169. The molecule has 6 nitrogen and oxygen atoms in total. The minimum atomic E-state index is -1.09.